The molecule has 2 aromatic rings. The molecule has 0 saturated carbocycles. The third kappa shape index (κ3) is 10.8. The Kier molecular flexibility index (Phi) is 17.2. The van der Waals surface area contributed by atoms with E-state index in [-0.39, 0.29) is 56.0 Å². The summed E-state index contributed by atoms with van der Waals surface area (Å²) in [4.78, 5) is 58.8. The van der Waals surface area contributed by atoms with E-state index in [0.29, 0.717) is 17.6 Å². The number of aromatic nitrogens is 4. The van der Waals surface area contributed by atoms with Gasteiger partial charge in [-0.25, -0.2) is 23.4 Å². The molecule has 0 aliphatic carbocycles. The molecule has 2 aromatic heterocycles. The Labute approximate surface area is 412 Å². The molecule has 70 heavy (non-hydrogen) atoms. The van der Waals surface area contributed by atoms with Gasteiger partial charge in [-0.1, -0.05) is 27.7 Å². The van der Waals surface area contributed by atoms with E-state index in [0.717, 1.165) is 0 Å². The number of carbonyl (C=O) groups is 3. The fraction of sp³-hybridized carbons (Fsp3) is 0.833. The second-order valence-electron chi connectivity index (χ2n) is 21.1. The van der Waals surface area contributed by atoms with Gasteiger partial charge in [-0.05, 0) is 81.3 Å². The predicted molar refractivity (Wildman–Crippen MR) is 254 cm³/mol. The van der Waals surface area contributed by atoms with Crippen molar-refractivity contribution in [2.75, 3.05) is 39.8 Å². The number of methoxy groups -OCH3 is 2. The standard InChI is InChI=1S/C48H78N6O15S/c1-15-31-48(10)33(38(44(59)69-48)70(60,61)18-16-17-54-23-52-34-41(49)50-22-51-42(34)54)26(4)35(55)24(2)20-47(9,63-14)40(68-45-36(56)30(53(11)12)19-25(3)64-45)27(5)37(28(6)43(58)66-31)67-32-21-46(8,62-13)39(57)29(7)65-32/h22-33,36-40,45,56-57H,15-21H2,1-14H3,(H2,49,50,51)/t24-,25-,26?,27+,28-,29-,30+,31-,32+,33?,36-,37+,38?,39+,40-,45+,46-,47-,48-/m1/s1. The third-order valence-electron chi connectivity index (χ3n) is 15.9. The van der Waals surface area contributed by atoms with Crippen molar-refractivity contribution in [2.45, 2.75) is 191 Å². The minimum atomic E-state index is -4.37. The molecule has 4 fully saturated rings. The van der Waals surface area contributed by atoms with Crippen molar-refractivity contribution in [1.29, 1.82) is 0 Å². The van der Waals surface area contributed by atoms with Crippen LogP contribution in [0.25, 0.3) is 11.2 Å². The molecular formula is C48H78N6O15S. The van der Waals surface area contributed by atoms with Crippen LogP contribution in [-0.4, -0.2) is 178 Å². The highest BCUT2D eigenvalue weighted by atomic mass is 32.2. The van der Waals surface area contributed by atoms with Crippen LogP contribution in [-0.2, 0) is 68.7 Å². The summed E-state index contributed by atoms with van der Waals surface area (Å²) in [6, 6.07) is -0.352. The van der Waals surface area contributed by atoms with E-state index in [9.17, 15) is 28.2 Å². The van der Waals surface area contributed by atoms with Crippen LogP contribution in [0.3, 0.4) is 0 Å². The topological polar surface area (TPSA) is 273 Å². The maximum atomic E-state index is 15.1. The number of hydrogen-bond donors (Lipinski definition) is 3. The summed E-state index contributed by atoms with van der Waals surface area (Å²) < 4.78 is 82.1. The van der Waals surface area contributed by atoms with Crippen LogP contribution < -0.4 is 5.73 Å². The van der Waals surface area contributed by atoms with Gasteiger partial charge in [-0.15, -0.1) is 0 Å². The lowest BCUT2D eigenvalue weighted by Gasteiger charge is -2.50. The molecule has 4 aliphatic heterocycles. The number of rotatable bonds is 13. The van der Waals surface area contributed by atoms with Crippen LogP contribution in [0.15, 0.2) is 12.7 Å². The molecule has 0 radical (unpaired) electrons. The Morgan fingerprint density at radius 3 is 2.21 bits per heavy atom. The van der Waals surface area contributed by atoms with Crippen molar-refractivity contribution < 1.29 is 70.9 Å². The number of nitrogen functional groups attached to an aromatic ring is 1. The molecule has 21 nitrogen and oxygen atoms in total. The van der Waals surface area contributed by atoms with Crippen molar-refractivity contribution in [1.82, 2.24) is 24.4 Å². The Bertz CT molecular complexity index is 2290. The molecule has 4 saturated heterocycles. The number of sulfone groups is 1. The minimum absolute atomic E-state index is 0.00655. The Balaban J connectivity index is 1.43. The quantitative estimate of drug-likeness (QED) is 0.243. The first kappa shape index (κ1) is 55.9. The first-order valence-electron chi connectivity index (χ1n) is 24.5. The molecule has 3 unspecified atom stereocenters. The molecule has 19 atom stereocenters. The van der Waals surface area contributed by atoms with Gasteiger partial charge >= 0.3 is 11.9 Å². The van der Waals surface area contributed by atoms with Crippen LogP contribution >= 0.6 is 0 Å². The maximum Gasteiger partial charge on any atom is 0.325 e. The number of aryl methyl sites for hydroxylation is 1. The van der Waals surface area contributed by atoms with E-state index in [4.69, 9.17) is 43.6 Å². The predicted octanol–water partition coefficient (Wildman–Crippen LogP) is 2.86. The zero-order valence-electron chi connectivity index (χ0n) is 43.3. The van der Waals surface area contributed by atoms with Gasteiger partial charge in [-0.2, -0.15) is 0 Å². The monoisotopic (exact) mass is 1010 g/mol. The van der Waals surface area contributed by atoms with Crippen molar-refractivity contribution in [3.05, 3.63) is 12.7 Å². The van der Waals surface area contributed by atoms with Crippen LogP contribution in [0.1, 0.15) is 101 Å². The van der Waals surface area contributed by atoms with Gasteiger partial charge in [0.2, 0.25) is 0 Å². The van der Waals surface area contributed by atoms with E-state index in [1.807, 2.05) is 32.8 Å². The Morgan fingerprint density at radius 1 is 0.914 bits per heavy atom. The summed E-state index contributed by atoms with van der Waals surface area (Å²) in [7, 11) is 2.30. The lowest BCUT2D eigenvalue weighted by molar-refractivity contribution is -0.319. The smallest absolute Gasteiger partial charge is 0.325 e. The molecule has 4 aliphatic rings. The number of nitrogens with two attached hydrogens (primary N) is 1. The summed E-state index contributed by atoms with van der Waals surface area (Å²) in [5.41, 5.74) is 2.46. The van der Waals surface area contributed by atoms with Gasteiger partial charge in [-0.3, -0.25) is 14.4 Å². The first-order valence-corrected chi connectivity index (χ1v) is 26.2. The number of cyclic esters (lactones) is 1. The normalized spacial score (nSPS) is 41.5. The number of Topliss-reactive ketones (excluding diaryl/α,β-unsaturated/α-hetero) is 1. The van der Waals surface area contributed by atoms with Crippen molar-refractivity contribution in [3.8, 4) is 0 Å². The number of imidazole rings is 1. The van der Waals surface area contributed by atoms with Gasteiger partial charge in [0.15, 0.2) is 44.7 Å². The van der Waals surface area contributed by atoms with E-state index >= 15 is 4.79 Å². The molecule has 396 valence electrons. The number of ketones is 1. The van der Waals surface area contributed by atoms with Gasteiger partial charge < -0.3 is 63.3 Å². The fourth-order valence-electron chi connectivity index (χ4n) is 11.7. The second-order valence-corrected chi connectivity index (χ2v) is 23.3. The SMILES string of the molecule is CC[C@H]1OC(=O)[C@H](C)[C@@H](O[C@H]2C[C@@](C)(OC)[C@@H](O)[C@@H](C)O2)[C@H](C)[C@@H](O[C@@H]2O[C@H](C)C[C@H](N(C)C)[C@H]2O)[C@](C)(OC)C[C@@H](C)C(=O)C(C)C2C(S(=O)(=O)CCCn3cnc4c(N)ncnc43)C(=O)O[C@@]21C. The van der Waals surface area contributed by atoms with Crippen molar-refractivity contribution in [3.63, 3.8) is 0 Å². The maximum absolute atomic E-state index is 15.1. The molecule has 0 bridgehead atoms. The summed E-state index contributed by atoms with van der Waals surface area (Å²) in [6.45, 7) is 17.2. The van der Waals surface area contributed by atoms with E-state index in [1.165, 1.54) is 33.8 Å². The summed E-state index contributed by atoms with van der Waals surface area (Å²) >= 11 is 0. The highest BCUT2D eigenvalue weighted by Crippen LogP contribution is 2.48. The zero-order valence-corrected chi connectivity index (χ0v) is 44.1. The number of nitrogens with zero attached hydrogens (tertiary/aromatic N) is 5. The number of esters is 2. The number of likely N-dealkylation sites (N-methyl/N-ethyl adjacent to an activating group) is 1. The van der Waals surface area contributed by atoms with Crippen molar-refractivity contribution in [2.24, 2.45) is 29.6 Å². The number of aliphatic hydroxyl groups excluding tert-OH is 2. The summed E-state index contributed by atoms with van der Waals surface area (Å²) in [5, 5.41) is 21.1. The largest absolute Gasteiger partial charge is 0.458 e. The van der Waals surface area contributed by atoms with Crippen LogP contribution in [0.4, 0.5) is 5.82 Å². The van der Waals surface area contributed by atoms with Gasteiger partial charge in [0.05, 0.1) is 53.6 Å². The molecular weight excluding hydrogens is 933 g/mol. The lowest BCUT2D eigenvalue weighted by Crippen LogP contribution is -2.61. The molecule has 0 aromatic carbocycles. The average Bonchev–Trinajstić information content (AvgIpc) is 3.85. The second kappa shape index (κ2) is 21.6. The molecule has 6 rings (SSSR count). The third-order valence-corrected chi connectivity index (χ3v) is 18.0. The number of carbonyl (C=O) groups excluding carboxylic acids is 3. The number of anilines is 1. The first-order chi connectivity index (χ1) is 32.7. The Morgan fingerprint density at radius 2 is 1.59 bits per heavy atom. The molecule has 6 heterocycles. The minimum Gasteiger partial charge on any atom is -0.458 e. The fourth-order valence-corrected chi connectivity index (χ4v) is 13.8. The van der Waals surface area contributed by atoms with E-state index in [1.54, 1.807) is 53.0 Å². The molecule has 4 N–H and O–H groups in total. The highest BCUT2D eigenvalue weighted by molar-refractivity contribution is 7.92. The Hall–Kier alpha value is -3.45. The van der Waals surface area contributed by atoms with Gasteiger partial charge in [0.25, 0.3) is 0 Å². The molecule has 0 spiro atoms. The van der Waals surface area contributed by atoms with Gasteiger partial charge in [0, 0.05) is 56.9 Å². The van der Waals surface area contributed by atoms with Crippen LogP contribution in [0.5, 0.6) is 0 Å². The molecule has 22 heteroatoms. The van der Waals surface area contributed by atoms with Crippen molar-refractivity contribution >= 4 is 44.5 Å². The molecule has 0 amide bonds. The zero-order chi connectivity index (χ0) is 52.0. The number of aliphatic hydroxyl groups is 2. The number of fused-ring (bicyclic) bond motifs is 2. The van der Waals surface area contributed by atoms with E-state index in [2.05, 4.69) is 15.0 Å². The number of hydrogen-bond acceptors (Lipinski definition) is 20. The van der Waals surface area contributed by atoms with Crippen LogP contribution in [0.2, 0.25) is 0 Å². The summed E-state index contributed by atoms with van der Waals surface area (Å²) in [5.74, 6) is -7.74. The average molecular weight is 1010 g/mol. The van der Waals surface area contributed by atoms with Gasteiger partial charge in [0.1, 0.15) is 35.9 Å². The number of ether oxygens (including phenoxy) is 8. The lowest BCUT2D eigenvalue weighted by atomic mass is 9.70. The van der Waals surface area contributed by atoms with E-state index < -0.39 is 128 Å². The summed E-state index contributed by atoms with van der Waals surface area (Å²) in [6.07, 6.45) is -5.41. The van der Waals surface area contributed by atoms with Crippen LogP contribution in [0, 0.1) is 29.6 Å². The highest BCUT2D eigenvalue weighted by Gasteiger charge is 2.65.